The zero-order valence-electron chi connectivity index (χ0n) is 11.1. The summed E-state index contributed by atoms with van der Waals surface area (Å²) in [6.07, 6.45) is 4.58. The van der Waals surface area contributed by atoms with Crippen LogP contribution in [0, 0.1) is 0 Å². The normalized spacial score (nSPS) is 20.2. The second-order valence-electron chi connectivity index (χ2n) is 5.24. The van der Waals surface area contributed by atoms with E-state index >= 15 is 0 Å². The Balaban J connectivity index is 1.97. The van der Waals surface area contributed by atoms with Gasteiger partial charge in [-0.15, -0.1) is 0 Å². The van der Waals surface area contributed by atoms with E-state index in [2.05, 4.69) is 48.1 Å². The fourth-order valence-electron chi connectivity index (χ4n) is 2.29. The van der Waals surface area contributed by atoms with Crippen LogP contribution in [-0.2, 0) is 6.54 Å². The molecular formula is C14H23N3. The molecule has 2 heterocycles. The Hall–Kier alpha value is -1.09. The van der Waals surface area contributed by atoms with E-state index in [4.69, 9.17) is 0 Å². The van der Waals surface area contributed by atoms with E-state index in [-0.39, 0.29) is 0 Å². The molecule has 0 saturated carbocycles. The largest absolute Gasteiger partial charge is 0.354 e. The number of anilines is 1. The quantitative estimate of drug-likeness (QED) is 0.866. The monoisotopic (exact) mass is 233 g/mol. The minimum atomic E-state index is 0.522. The molecule has 0 spiro atoms. The molecule has 94 valence electrons. The van der Waals surface area contributed by atoms with Gasteiger partial charge in [0.25, 0.3) is 0 Å². The molecule has 1 aromatic rings. The van der Waals surface area contributed by atoms with Gasteiger partial charge >= 0.3 is 0 Å². The first kappa shape index (κ1) is 12.4. The number of hydrogen-bond acceptors (Lipinski definition) is 3. The van der Waals surface area contributed by atoms with Crippen LogP contribution < -0.4 is 10.2 Å². The van der Waals surface area contributed by atoms with Gasteiger partial charge in [0.05, 0.1) is 0 Å². The van der Waals surface area contributed by atoms with Crippen LogP contribution in [0.3, 0.4) is 0 Å². The Morgan fingerprint density at radius 3 is 2.82 bits per heavy atom. The van der Waals surface area contributed by atoms with Crippen molar-refractivity contribution in [2.45, 2.75) is 52.2 Å². The zero-order valence-corrected chi connectivity index (χ0v) is 11.1. The highest BCUT2D eigenvalue weighted by molar-refractivity contribution is 5.41. The van der Waals surface area contributed by atoms with Gasteiger partial charge in [0, 0.05) is 31.4 Å². The first-order valence-electron chi connectivity index (χ1n) is 6.62. The molecule has 0 radical (unpaired) electrons. The lowest BCUT2D eigenvalue weighted by Crippen LogP contribution is -2.27. The lowest BCUT2D eigenvalue weighted by molar-refractivity contribution is 0.588. The minimum Gasteiger partial charge on any atom is -0.354 e. The van der Waals surface area contributed by atoms with Gasteiger partial charge in [-0.3, -0.25) is 0 Å². The predicted octanol–water partition coefficient (Wildman–Crippen LogP) is 2.57. The van der Waals surface area contributed by atoms with E-state index in [1.165, 1.54) is 18.4 Å². The SMILES string of the molecule is CC(C)NCc1ccc(N2CCCC2C)nc1. The molecule has 2 rings (SSSR count). The Bertz CT molecular complexity index is 345. The van der Waals surface area contributed by atoms with Crippen LogP contribution in [0.25, 0.3) is 0 Å². The van der Waals surface area contributed by atoms with E-state index in [9.17, 15) is 0 Å². The smallest absolute Gasteiger partial charge is 0.128 e. The van der Waals surface area contributed by atoms with Crippen molar-refractivity contribution in [2.24, 2.45) is 0 Å². The fourth-order valence-corrected chi connectivity index (χ4v) is 2.29. The zero-order chi connectivity index (χ0) is 12.3. The minimum absolute atomic E-state index is 0.522. The number of pyridine rings is 1. The average Bonchev–Trinajstić information content (AvgIpc) is 2.73. The number of rotatable bonds is 4. The van der Waals surface area contributed by atoms with Crippen LogP contribution in [0.5, 0.6) is 0 Å². The Kier molecular flexibility index (Phi) is 4.00. The molecule has 0 amide bonds. The van der Waals surface area contributed by atoms with Crippen molar-refractivity contribution in [3.8, 4) is 0 Å². The van der Waals surface area contributed by atoms with Gasteiger partial charge in [-0.25, -0.2) is 4.98 Å². The lowest BCUT2D eigenvalue weighted by Gasteiger charge is -2.22. The maximum atomic E-state index is 4.57. The van der Waals surface area contributed by atoms with Crippen molar-refractivity contribution in [3.05, 3.63) is 23.9 Å². The Labute approximate surface area is 104 Å². The fraction of sp³-hybridized carbons (Fsp3) is 0.643. The average molecular weight is 233 g/mol. The van der Waals surface area contributed by atoms with Gasteiger partial charge < -0.3 is 10.2 Å². The lowest BCUT2D eigenvalue weighted by atomic mass is 10.2. The predicted molar refractivity (Wildman–Crippen MR) is 72.3 cm³/mol. The van der Waals surface area contributed by atoms with Gasteiger partial charge in [-0.05, 0) is 31.4 Å². The molecule has 1 aliphatic heterocycles. The van der Waals surface area contributed by atoms with Gasteiger partial charge in [-0.1, -0.05) is 19.9 Å². The van der Waals surface area contributed by atoms with Crippen LogP contribution in [0.2, 0.25) is 0 Å². The molecule has 3 nitrogen and oxygen atoms in total. The molecule has 1 saturated heterocycles. The molecule has 3 heteroatoms. The number of nitrogens with zero attached hydrogens (tertiary/aromatic N) is 2. The maximum Gasteiger partial charge on any atom is 0.128 e. The highest BCUT2D eigenvalue weighted by Gasteiger charge is 2.20. The third-order valence-corrected chi connectivity index (χ3v) is 3.37. The highest BCUT2D eigenvalue weighted by atomic mass is 15.2. The summed E-state index contributed by atoms with van der Waals surface area (Å²) in [5, 5.41) is 3.41. The van der Waals surface area contributed by atoms with E-state index < -0.39 is 0 Å². The van der Waals surface area contributed by atoms with E-state index in [1.54, 1.807) is 0 Å². The molecule has 1 aromatic heterocycles. The summed E-state index contributed by atoms with van der Waals surface area (Å²) >= 11 is 0. The molecule has 1 aliphatic rings. The van der Waals surface area contributed by atoms with Crippen LogP contribution in [-0.4, -0.2) is 23.6 Å². The summed E-state index contributed by atoms with van der Waals surface area (Å²) < 4.78 is 0. The van der Waals surface area contributed by atoms with Crippen molar-refractivity contribution in [3.63, 3.8) is 0 Å². The van der Waals surface area contributed by atoms with Crippen molar-refractivity contribution >= 4 is 5.82 Å². The first-order chi connectivity index (χ1) is 8.16. The summed E-state index contributed by atoms with van der Waals surface area (Å²) in [6.45, 7) is 8.66. The molecule has 17 heavy (non-hydrogen) atoms. The molecule has 0 aliphatic carbocycles. The molecule has 1 unspecified atom stereocenters. The number of hydrogen-bond donors (Lipinski definition) is 1. The summed E-state index contributed by atoms with van der Waals surface area (Å²) in [5.74, 6) is 1.13. The van der Waals surface area contributed by atoms with E-state index in [0.717, 1.165) is 18.9 Å². The summed E-state index contributed by atoms with van der Waals surface area (Å²) in [4.78, 5) is 6.98. The van der Waals surface area contributed by atoms with Crippen molar-refractivity contribution < 1.29 is 0 Å². The first-order valence-corrected chi connectivity index (χ1v) is 6.62. The van der Waals surface area contributed by atoms with Crippen molar-refractivity contribution in [2.75, 3.05) is 11.4 Å². The van der Waals surface area contributed by atoms with Crippen LogP contribution in [0.4, 0.5) is 5.82 Å². The van der Waals surface area contributed by atoms with Crippen molar-refractivity contribution in [1.29, 1.82) is 0 Å². The summed E-state index contributed by atoms with van der Waals surface area (Å²) in [6, 6.07) is 5.50. The topological polar surface area (TPSA) is 28.2 Å². The molecule has 0 aromatic carbocycles. The second kappa shape index (κ2) is 5.50. The third-order valence-electron chi connectivity index (χ3n) is 3.37. The summed E-state index contributed by atoms with van der Waals surface area (Å²) in [5.41, 5.74) is 1.26. The second-order valence-corrected chi connectivity index (χ2v) is 5.24. The maximum absolute atomic E-state index is 4.57. The van der Waals surface area contributed by atoms with Crippen LogP contribution >= 0.6 is 0 Å². The van der Waals surface area contributed by atoms with Gasteiger partial charge in [0.15, 0.2) is 0 Å². The highest BCUT2D eigenvalue weighted by Crippen LogP contribution is 2.23. The molecule has 1 atom stereocenters. The number of aromatic nitrogens is 1. The summed E-state index contributed by atoms with van der Waals surface area (Å²) in [7, 11) is 0. The Morgan fingerprint density at radius 2 is 2.29 bits per heavy atom. The standard InChI is InChI=1S/C14H23N3/c1-11(2)15-9-13-6-7-14(16-10-13)17-8-4-5-12(17)3/h6-7,10-12,15H,4-5,8-9H2,1-3H3. The number of nitrogens with one attached hydrogen (secondary N) is 1. The third kappa shape index (κ3) is 3.19. The van der Waals surface area contributed by atoms with Gasteiger partial charge in [-0.2, -0.15) is 0 Å². The molecule has 1 fully saturated rings. The van der Waals surface area contributed by atoms with Crippen LogP contribution in [0.15, 0.2) is 18.3 Å². The van der Waals surface area contributed by atoms with E-state index in [0.29, 0.717) is 12.1 Å². The van der Waals surface area contributed by atoms with E-state index in [1.807, 2.05) is 6.20 Å². The molecule has 0 bridgehead atoms. The van der Waals surface area contributed by atoms with Gasteiger partial charge in [0.1, 0.15) is 5.82 Å². The van der Waals surface area contributed by atoms with Crippen molar-refractivity contribution in [1.82, 2.24) is 10.3 Å². The molecular weight excluding hydrogens is 210 g/mol. The van der Waals surface area contributed by atoms with Gasteiger partial charge in [0.2, 0.25) is 0 Å². The van der Waals surface area contributed by atoms with Crippen LogP contribution in [0.1, 0.15) is 39.2 Å². The molecule has 1 N–H and O–H groups in total. The Morgan fingerprint density at radius 1 is 1.47 bits per heavy atom.